The van der Waals surface area contributed by atoms with Crippen LogP contribution in [0.3, 0.4) is 0 Å². The van der Waals surface area contributed by atoms with Crippen LogP contribution in [0.15, 0.2) is 54.7 Å². The second-order valence-electron chi connectivity index (χ2n) is 8.63. The van der Waals surface area contributed by atoms with Crippen molar-refractivity contribution in [1.82, 2.24) is 24.7 Å². The number of phenolic OH excluding ortho intramolecular Hbond substituents is 1. The zero-order chi connectivity index (χ0) is 22.8. The second kappa shape index (κ2) is 9.30. The molecule has 0 amide bonds. The van der Waals surface area contributed by atoms with Crippen LogP contribution in [0.5, 0.6) is 5.75 Å². The number of thiocarbonyl (C=S) groups is 1. The SMILES string of the molecule is Cc1cc([C@H]2[C@H](c3ccccn3)NC(=S)N2CCCN(C)C)c(C)n1-c1ccccc1O. The van der Waals surface area contributed by atoms with E-state index in [9.17, 15) is 5.11 Å². The Morgan fingerprint density at radius 1 is 1.12 bits per heavy atom. The molecule has 1 aliphatic rings. The van der Waals surface area contributed by atoms with Gasteiger partial charge in [0.1, 0.15) is 5.75 Å². The fraction of sp³-hybridized carbons (Fsp3) is 0.360. The molecule has 4 rings (SSSR count). The minimum Gasteiger partial charge on any atom is -0.506 e. The van der Waals surface area contributed by atoms with Crippen molar-refractivity contribution in [2.75, 3.05) is 27.2 Å². The van der Waals surface area contributed by atoms with Crippen LogP contribution in [0.4, 0.5) is 0 Å². The molecule has 3 aromatic rings. The number of rotatable bonds is 7. The second-order valence-corrected chi connectivity index (χ2v) is 9.01. The molecule has 32 heavy (non-hydrogen) atoms. The van der Waals surface area contributed by atoms with E-state index in [0.29, 0.717) is 0 Å². The van der Waals surface area contributed by atoms with Crippen LogP contribution in [0.2, 0.25) is 0 Å². The third-order valence-corrected chi connectivity index (χ3v) is 6.47. The molecule has 6 nitrogen and oxygen atoms in total. The molecule has 168 valence electrons. The molecule has 0 bridgehead atoms. The van der Waals surface area contributed by atoms with Crippen LogP contribution in [-0.4, -0.2) is 56.8 Å². The minimum absolute atomic E-state index is 0.0189. The Morgan fingerprint density at radius 3 is 2.56 bits per heavy atom. The molecule has 0 spiro atoms. The first kappa shape index (κ1) is 22.3. The number of aromatic nitrogens is 2. The Labute approximate surface area is 195 Å². The molecule has 0 unspecified atom stereocenters. The van der Waals surface area contributed by atoms with Crippen molar-refractivity contribution < 1.29 is 5.11 Å². The predicted octanol–water partition coefficient (Wildman–Crippen LogP) is 4.12. The number of nitrogens with zero attached hydrogens (tertiary/aromatic N) is 4. The van der Waals surface area contributed by atoms with Gasteiger partial charge in [0.25, 0.3) is 0 Å². The van der Waals surface area contributed by atoms with E-state index < -0.39 is 0 Å². The van der Waals surface area contributed by atoms with Gasteiger partial charge in [-0.25, -0.2) is 0 Å². The maximum Gasteiger partial charge on any atom is 0.170 e. The smallest absolute Gasteiger partial charge is 0.170 e. The molecule has 3 heterocycles. The van der Waals surface area contributed by atoms with Crippen molar-refractivity contribution in [3.05, 3.63) is 77.4 Å². The van der Waals surface area contributed by atoms with E-state index in [1.54, 1.807) is 6.07 Å². The first-order chi connectivity index (χ1) is 15.4. The number of nitrogens with one attached hydrogen (secondary N) is 1. The maximum absolute atomic E-state index is 10.5. The van der Waals surface area contributed by atoms with E-state index >= 15 is 0 Å². The molecule has 0 saturated carbocycles. The van der Waals surface area contributed by atoms with Gasteiger partial charge in [-0.3, -0.25) is 4.98 Å². The molecule has 2 aromatic heterocycles. The van der Waals surface area contributed by atoms with Gasteiger partial charge < -0.3 is 24.8 Å². The van der Waals surface area contributed by atoms with Gasteiger partial charge in [0, 0.05) is 24.1 Å². The maximum atomic E-state index is 10.5. The number of phenols is 1. The lowest BCUT2D eigenvalue weighted by Crippen LogP contribution is -2.32. The summed E-state index contributed by atoms with van der Waals surface area (Å²) in [6, 6.07) is 15.7. The van der Waals surface area contributed by atoms with Gasteiger partial charge in [0.15, 0.2) is 5.11 Å². The highest BCUT2D eigenvalue weighted by atomic mass is 32.1. The number of aromatic hydroxyl groups is 1. The number of para-hydroxylation sites is 2. The van der Waals surface area contributed by atoms with Crippen LogP contribution < -0.4 is 5.32 Å². The van der Waals surface area contributed by atoms with E-state index in [4.69, 9.17) is 12.2 Å². The highest BCUT2D eigenvalue weighted by molar-refractivity contribution is 7.80. The molecule has 2 atom stereocenters. The van der Waals surface area contributed by atoms with Crippen LogP contribution in [0.25, 0.3) is 5.69 Å². The highest BCUT2D eigenvalue weighted by Crippen LogP contribution is 2.42. The third kappa shape index (κ3) is 4.23. The molecule has 7 heteroatoms. The average Bonchev–Trinajstić information content (AvgIpc) is 3.24. The number of hydrogen-bond donors (Lipinski definition) is 2. The Hall–Kier alpha value is -2.90. The Kier molecular flexibility index (Phi) is 6.48. The van der Waals surface area contributed by atoms with Gasteiger partial charge in [-0.2, -0.15) is 0 Å². The number of benzene rings is 1. The van der Waals surface area contributed by atoms with Gasteiger partial charge in [-0.05, 0) is 89.0 Å². The average molecular weight is 450 g/mol. The molecule has 0 aliphatic carbocycles. The third-order valence-electron chi connectivity index (χ3n) is 6.11. The van der Waals surface area contributed by atoms with Crippen molar-refractivity contribution in [3.8, 4) is 11.4 Å². The van der Waals surface area contributed by atoms with Crippen molar-refractivity contribution in [2.24, 2.45) is 0 Å². The molecule has 0 radical (unpaired) electrons. The van der Waals surface area contributed by atoms with Gasteiger partial charge in [0.05, 0.1) is 23.5 Å². The number of aryl methyl sites for hydroxylation is 1. The molecule has 1 aromatic carbocycles. The lowest BCUT2D eigenvalue weighted by atomic mass is 9.96. The number of pyridine rings is 1. The lowest BCUT2D eigenvalue weighted by Gasteiger charge is -2.28. The summed E-state index contributed by atoms with van der Waals surface area (Å²) in [5.74, 6) is 0.269. The Morgan fingerprint density at radius 2 is 1.88 bits per heavy atom. The van der Waals surface area contributed by atoms with Gasteiger partial charge >= 0.3 is 0 Å². The standard InChI is InChI=1S/C25H31N5OS/c1-17-16-19(18(2)30(17)21-11-5-6-12-22(21)31)24-23(20-10-7-8-13-26-20)27-25(32)29(24)15-9-14-28(3)4/h5-8,10-13,16,23-24,31H,9,14-15H2,1-4H3,(H,27,32)/t23-,24-/m0/s1. The first-order valence-corrected chi connectivity index (χ1v) is 11.4. The molecule has 1 saturated heterocycles. The lowest BCUT2D eigenvalue weighted by molar-refractivity contribution is 0.292. The predicted molar refractivity (Wildman–Crippen MR) is 132 cm³/mol. The molecule has 1 fully saturated rings. The minimum atomic E-state index is -0.0404. The Bertz CT molecular complexity index is 1090. The van der Waals surface area contributed by atoms with Crippen molar-refractivity contribution in [2.45, 2.75) is 32.4 Å². The Balaban J connectivity index is 1.78. The zero-order valence-electron chi connectivity index (χ0n) is 19.1. The molecule has 1 aliphatic heterocycles. The topological polar surface area (TPSA) is 56.6 Å². The largest absolute Gasteiger partial charge is 0.506 e. The van der Waals surface area contributed by atoms with Crippen molar-refractivity contribution >= 4 is 17.3 Å². The van der Waals surface area contributed by atoms with E-state index in [0.717, 1.165) is 47.4 Å². The van der Waals surface area contributed by atoms with Gasteiger partial charge in [0.2, 0.25) is 0 Å². The summed E-state index contributed by atoms with van der Waals surface area (Å²) in [4.78, 5) is 9.14. The summed E-state index contributed by atoms with van der Waals surface area (Å²) in [5.41, 5.74) is 5.13. The van der Waals surface area contributed by atoms with E-state index in [-0.39, 0.29) is 17.8 Å². The van der Waals surface area contributed by atoms with Crippen LogP contribution in [0, 0.1) is 13.8 Å². The summed E-state index contributed by atoms with van der Waals surface area (Å²) >= 11 is 5.80. The first-order valence-electron chi connectivity index (χ1n) is 11.0. The molecular formula is C25H31N5OS. The van der Waals surface area contributed by atoms with Crippen LogP contribution in [-0.2, 0) is 0 Å². The van der Waals surface area contributed by atoms with E-state index in [2.05, 4.69) is 64.7 Å². The summed E-state index contributed by atoms with van der Waals surface area (Å²) < 4.78 is 2.12. The quantitative estimate of drug-likeness (QED) is 0.529. The molecule has 2 N–H and O–H groups in total. The zero-order valence-corrected chi connectivity index (χ0v) is 19.9. The van der Waals surface area contributed by atoms with E-state index in [1.165, 1.54) is 5.56 Å². The van der Waals surface area contributed by atoms with Gasteiger partial charge in [-0.15, -0.1) is 0 Å². The normalized spacial score (nSPS) is 18.4. The monoisotopic (exact) mass is 449 g/mol. The van der Waals surface area contributed by atoms with Crippen molar-refractivity contribution in [3.63, 3.8) is 0 Å². The fourth-order valence-corrected chi connectivity index (χ4v) is 4.98. The summed E-state index contributed by atoms with van der Waals surface area (Å²) in [7, 11) is 4.18. The summed E-state index contributed by atoms with van der Waals surface area (Å²) in [6.45, 7) is 6.05. The molecular weight excluding hydrogens is 418 g/mol. The van der Waals surface area contributed by atoms with Gasteiger partial charge in [-0.1, -0.05) is 18.2 Å². The fourth-order valence-electron chi connectivity index (χ4n) is 4.65. The van der Waals surface area contributed by atoms with Crippen LogP contribution in [0.1, 0.15) is 41.1 Å². The summed E-state index contributed by atoms with van der Waals surface area (Å²) in [5, 5.41) is 14.8. The highest BCUT2D eigenvalue weighted by Gasteiger charge is 2.41. The number of hydrogen-bond acceptors (Lipinski definition) is 4. The van der Waals surface area contributed by atoms with Crippen molar-refractivity contribution in [1.29, 1.82) is 0 Å². The summed E-state index contributed by atoms with van der Waals surface area (Å²) in [6.07, 6.45) is 2.84. The van der Waals surface area contributed by atoms with Crippen LogP contribution >= 0.6 is 12.2 Å². The van der Waals surface area contributed by atoms with E-state index in [1.807, 2.05) is 36.5 Å².